The van der Waals surface area contributed by atoms with E-state index in [-0.39, 0.29) is 16.2 Å². The number of nitrogens with zero attached hydrogens (tertiary/aromatic N) is 2. The van der Waals surface area contributed by atoms with Gasteiger partial charge in [0.05, 0.1) is 10.9 Å². The molecule has 2 aliphatic heterocycles. The maximum Gasteiger partial charge on any atom is 0.252 e. The molecule has 22 heavy (non-hydrogen) atoms. The molecule has 1 amide bonds. The molecule has 6 nitrogen and oxygen atoms in total. The first kappa shape index (κ1) is 16.2. The summed E-state index contributed by atoms with van der Waals surface area (Å²) >= 11 is 6.92. The van der Waals surface area contributed by atoms with Gasteiger partial charge in [0, 0.05) is 32.2 Å². The Kier molecular flexibility index (Phi) is 4.75. The Morgan fingerprint density at radius 2 is 2.14 bits per heavy atom. The van der Waals surface area contributed by atoms with E-state index < -0.39 is 10.0 Å². The molecule has 1 N–H and O–H groups in total. The predicted octanol–water partition coefficient (Wildman–Crippen LogP) is 0.986. The van der Waals surface area contributed by atoms with Crippen LogP contribution in [0.25, 0.3) is 0 Å². The van der Waals surface area contributed by atoms with Crippen molar-refractivity contribution < 1.29 is 13.2 Å². The van der Waals surface area contributed by atoms with E-state index in [1.807, 2.05) is 4.90 Å². The van der Waals surface area contributed by atoms with Crippen molar-refractivity contribution in [3.8, 4) is 0 Å². The number of rotatable bonds is 3. The van der Waals surface area contributed by atoms with Crippen molar-refractivity contribution in [2.75, 3.05) is 32.7 Å². The van der Waals surface area contributed by atoms with Crippen LogP contribution in [0.2, 0.25) is 4.34 Å². The second-order valence-corrected chi connectivity index (χ2v) is 9.36. The summed E-state index contributed by atoms with van der Waals surface area (Å²) in [7, 11) is -3.52. The van der Waals surface area contributed by atoms with Crippen LogP contribution >= 0.6 is 22.9 Å². The standard InChI is InChI=1S/C13H18ClN3O3S2/c14-11-3-4-13(21-11)22(19,20)16-6-1-2-10(9-16)17-7-5-15-8-12(17)18/h3-4,10,15H,1-2,5-9H2. The van der Waals surface area contributed by atoms with Gasteiger partial charge in [-0.1, -0.05) is 11.6 Å². The van der Waals surface area contributed by atoms with E-state index in [1.165, 1.54) is 4.31 Å². The minimum Gasteiger partial charge on any atom is -0.336 e. The Morgan fingerprint density at radius 1 is 1.32 bits per heavy atom. The molecule has 3 rings (SSSR count). The molecule has 2 fully saturated rings. The van der Waals surface area contributed by atoms with Crippen LogP contribution < -0.4 is 5.32 Å². The first-order valence-electron chi connectivity index (χ1n) is 7.24. The molecular formula is C13H18ClN3O3S2. The van der Waals surface area contributed by atoms with Gasteiger partial charge in [-0.15, -0.1) is 11.3 Å². The summed E-state index contributed by atoms with van der Waals surface area (Å²) in [5.41, 5.74) is 0. The van der Waals surface area contributed by atoms with Crippen molar-refractivity contribution in [1.82, 2.24) is 14.5 Å². The lowest BCUT2D eigenvalue weighted by Gasteiger charge is -2.40. The van der Waals surface area contributed by atoms with Crippen molar-refractivity contribution in [3.05, 3.63) is 16.5 Å². The molecule has 122 valence electrons. The number of hydrogen-bond acceptors (Lipinski definition) is 5. The topological polar surface area (TPSA) is 69.7 Å². The van der Waals surface area contributed by atoms with E-state index in [2.05, 4.69) is 5.32 Å². The SMILES string of the molecule is O=C1CNCCN1C1CCCN(S(=O)(=O)c2ccc(Cl)s2)C1. The molecule has 1 aromatic rings. The number of thiophene rings is 1. The first-order chi connectivity index (χ1) is 10.5. The molecule has 0 saturated carbocycles. The van der Waals surface area contributed by atoms with Gasteiger partial charge in [-0.25, -0.2) is 8.42 Å². The molecule has 1 aromatic heterocycles. The average molecular weight is 364 g/mol. The number of nitrogens with one attached hydrogen (secondary N) is 1. The average Bonchev–Trinajstić information content (AvgIpc) is 2.95. The minimum absolute atomic E-state index is 0.0337. The van der Waals surface area contributed by atoms with Gasteiger partial charge in [-0.05, 0) is 25.0 Å². The van der Waals surface area contributed by atoms with Crippen molar-refractivity contribution in [1.29, 1.82) is 0 Å². The van der Waals surface area contributed by atoms with Crippen LogP contribution in [0.1, 0.15) is 12.8 Å². The Labute approximate surface area is 139 Å². The van der Waals surface area contributed by atoms with Crippen molar-refractivity contribution in [2.24, 2.45) is 0 Å². The quantitative estimate of drug-likeness (QED) is 0.869. The van der Waals surface area contributed by atoms with E-state index in [0.717, 1.165) is 30.7 Å². The van der Waals surface area contributed by atoms with E-state index in [1.54, 1.807) is 12.1 Å². The summed E-state index contributed by atoms with van der Waals surface area (Å²) in [5.74, 6) is 0.0506. The number of halogens is 1. The van der Waals surface area contributed by atoms with E-state index >= 15 is 0 Å². The molecule has 0 aromatic carbocycles. The zero-order valence-electron chi connectivity index (χ0n) is 12.0. The van der Waals surface area contributed by atoms with Crippen LogP contribution in [0.4, 0.5) is 0 Å². The smallest absolute Gasteiger partial charge is 0.252 e. The zero-order valence-corrected chi connectivity index (χ0v) is 14.4. The third kappa shape index (κ3) is 3.16. The van der Waals surface area contributed by atoms with Crippen molar-refractivity contribution in [2.45, 2.75) is 23.1 Å². The van der Waals surface area contributed by atoms with Gasteiger partial charge in [0.25, 0.3) is 10.0 Å². The van der Waals surface area contributed by atoms with Gasteiger partial charge < -0.3 is 10.2 Å². The molecule has 0 spiro atoms. The molecule has 0 bridgehead atoms. The number of piperidine rings is 1. The second kappa shape index (κ2) is 6.45. The van der Waals surface area contributed by atoms with Crippen LogP contribution in [0, 0.1) is 0 Å². The molecule has 1 unspecified atom stereocenters. The van der Waals surface area contributed by atoms with Crippen LogP contribution in [0.15, 0.2) is 16.3 Å². The van der Waals surface area contributed by atoms with E-state index in [4.69, 9.17) is 11.6 Å². The lowest BCUT2D eigenvalue weighted by molar-refractivity contribution is -0.135. The highest BCUT2D eigenvalue weighted by molar-refractivity contribution is 7.91. The normalized spacial score (nSPS) is 24.7. The van der Waals surface area contributed by atoms with E-state index in [9.17, 15) is 13.2 Å². The lowest BCUT2D eigenvalue weighted by atomic mass is 10.1. The van der Waals surface area contributed by atoms with Crippen LogP contribution in [-0.4, -0.2) is 62.3 Å². The Hall–Kier alpha value is -0.670. The van der Waals surface area contributed by atoms with Gasteiger partial charge in [0.1, 0.15) is 4.21 Å². The highest BCUT2D eigenvalue weighted by Crippen LogP contribution is 2.30. The van der Waals surface area contributed by atoms with Gasteiger partial charge in [0.15, 0.2) is 0 Å². The zero-order chi connectivity index (χ0) is 15.7. The highest BCUT2D eigenvalue weighted by atomic mass is 35.5. The third-order valence-corrected chi connectivity index (χ3v) is 7.63. The fraction of sp³-hybridized carbons (Fsp3) is 0.615. The maximum atomic E-state index is 12.7. The summed E-state index contributed by atoms with van der Waals surface area (Å²) < 4.78 is 27.6. The van der Waals surface area contributed by atoms with Gasteiger partial charge >= 0.3 is 0 Å². The molecule has 2 saturated heterocycles. The number of sulfonamides is 1. The maximum absolute atomic E-state index is 12.7. The number of amides is 1. The van der Waals surface area contributed by atoms with Gasteiger partial charge in [-0.2, -0.15) is 4.31 Å². The molecule has 2 aliphatic rings. The molecular weight excluding hydrogens is 346 g/mol. The van der Waals surface area contributed by atoms with Crippen LogP contribution in [0.5, 0.6) is 0 Å². The van der Waals surface area contributed by atoms with Crippen LogP contribution in [0.3, 0.4) is 0 Å². The fourth-order valence-electron chi connectivity index (χ4n) is 2.96. The van der Waals surface area contributed by atoms with Crippen molar-refractivity contribution in [3.63, 3.8) is 0 Å². The van der Waals surface area contributed by atoms with Gasteiger partial charge in [-0.3, -0.25) is 4.79 Å². The fourth-order valence-corrected chi connectivity index (χ4v) is 6.12. The Bertz CT molecular complexity index is 661. The molecule has 9 heteroatoms. The lowest BCUT2D eigenvalue weighted by Crippen LogP contribution is -2.57. The highest BCUT2D eigenvalue weighted by Gasteiger charge is 2.35. The predicted molar refractivity (Wildman–Crippen MR) is 85.7 cm³/mol. The van der Waals surface area contributed by atoms with E-state index in [0.29, 0.717) is 30.5 Å². The number of carbonyl (C=O) groups excluding carboxylic acids is 1. The summed E-state index contributed by atoms with van der Waals surface area (Å²) in [6.07, 6.45) is 1.61. The monoisotopic (exact) mass is 363 g/mol. The second-order valence-electron chi connectivity index (χ2n) is 5.48. The third-order valence-electron chi connectivity index (χ3n) is 4.07. The summed E-state index contributed by atoms with van der Waals surface area (Å²) in [6, 6.07) is 3.11. The van der Waals surface area contributed by atoms with Crippen LogP contribution in [-0.2, 0) is 14.8 Å². The number of hydrogen-bond donors (Lipinski definition) is 1. The van der Waals surface area contributed by atoms with Gasteiger partial charge in [0.2, 0.25) is 5.91 Å². The molecule has 1 atom stereocenters. The van der Waals surface area contributed by atoms with Crippen molar-refractivity contribution >= 4 is 38.9 Å². The number of piperazine rings is 1. The first-order valence-corrected chi connectivity index (χ1v) is 9.87. The minimum atomic E-state index is -3.52. The summed E-state index contributed by atoms with van der Waals surface area (Å²) in [6.45, 7) is 2.60. The summed E-state index contributed by atoms with van der Waals surface area (Å²) in [4.78, 5) is 13.8. The number of carbonyl (C=O) groups is 1. The summed E-state index contributed by atoms with van der Waals surface area (Å²) in [5, 5.41) is 3.04. The molecule has 3 heterocycles. The molecule has 0 aliphatic carbocycles. The Balaban J connectivity index is 1.76. The molecule has 0 radical (unpaired) electrons. The largest absolute Gasteiger partial charge is 0.336 e. The Morgan fingerprint density at radius 3 is 2.82 bits per heavy atom.